The Morgan fingerprint density at radius 1 is 1.24 bits per heavy atom. The van der Waals surface area contributed by atoms with Crippen molar-refractivity contribution in [3.63, 3.8) is 0 Å². The Kier molecular flexibility index (Phi) is 8.39. The zero-order valence-electron chi connectivity index (χ0n) is 11.6. The Morgan fingerprint density at radius 3 is 2.35 bits per heavy atom. The normalized spacial score (nSPS) is 20.3. The third-order valence-electron chi connectivity index (χ3n) is 3.78. The standard InChI is InChI=1S/C13H28N2O.ClH/c1-13(2)6-4-12(5-7-13)15(3)9-11-16-10-8-14;/h12H,4-11,14H2,1-3H3;1H. The predicted octanol–water partition coefficient (Wildman–Crippen LogP) is 2.28. The van der Waals surface area contributed by atoms with Crippen LogP contribution in [0.4, 0.5) is 0 Å². The summed E-state index contributed by atoms with van der Waals surface area (Å²) < 4.78 is 5.42. The van der Waals surface area contributed by atoms with E-state index in [-0.39, 0.29) is 12.4 Å². The van der Waals surface area contributed by atoms with Gasteiger partial charge in [-0.25, -0.2) is 0 Å². The molecule has 0 aromatic carbocycles. The summed E-state index contributed by atoms with van der Waals surface area (Å²) in [6.07, 6.45) is 5.37. The van der Waals surface area contributed by atoms with Gasteiger partial charge in [-0.2, -0.15) is 0 Å². The van der Waals surface area contributed by atoms with Gasteiger partial charge in [-0.05, 0) is 38.1 Å². The lowest BCUT2D eigenvalue weighted by Gasteiger charge is -2.38. The fraction of sp³-hybridized carbons (Fsp3) is 1.00. The minimum Gasteiger partial charge on any atom is -0.379 e. The highest BCUT2D eigenvalue weighted by Crippen LogP contribution is 2.36. The van der Waals surface area contributed by atoms with Crippen LogP contribution in [0.1, 0.15) is 39.5 Å². The molecule has 1 aliphatic rings. The van der Waals surface area contributed by atoms with E-state index in [1.54, 1.807) is 0 Å². The van der Waals surface area contributed by atoms with Gasteiger partial charge >= 0.3 is 0 Å². The van der Waals surface area contributed by atoms with Crippen molar-refractivity contribution in [1.29, 1.82) is 0 Å². The SMILES string of the molecule is CN(CCOCCN)C1CCC(C)(C)CC1.Cl. The summed E-state index contributed by atoms with van der Waals surface area (Å²) in [6.45, 7) is 7.92. The highest BCUT2D eigenvalue weighted by atomic mass is 35.5. The van der Waals surface area contributed by atoms with Gasteiger partial charge in [-0.3, -0.25) is 0 Å². The Labute approximate surface area is 112 Å². The second-order valence-electron chi connectivity index (χ2n) is 5.78. The minimum absolute atomic E-state index is 0. The summed E-state index contributed by atoms with van der Waals surface area (Å²) in [5.74, 6) is 0. The Hall–Kier alpha value is 0.170. The molecule has 0 radical (unpaired) electrons. The highest BCUT2D eigenvalue weighted by Gasteiger charge is 2.28. The maximum Gasteiger partial charge on any atom is 0.0594 e. The molecule has 4 heteroatoms. The van der Waals surface area contributed by atoms with E-state index in [0.717, 1.165) is 19.2 Å². The summed E-state index contributed by atoms with van der Waals surface area (Å²) in [5.41, 5.74) is 5.94. The van der Waals surface area contributed by atoms with Crippen LogP contribution in [0.3, 0.4) is 0 Å². The smallest absolute Gasteiger partial charge is 0.0594 e. The number of nitrogens with two attached hydrogens (primary N) is 1. The van der Waals surface area contributed by atoms with Crippen LogP contribution >= 0.6 is 12.4 Å². The van der Waals surface area contributed by atoms with Crippen molar-refractivity contribution >= 4 is 12.4 Å². The topological polar surface area (TPSA) is 38.5 Å². The van der Waals surface area contributed by atoms with Crippen molar-refractivity contribution in [3.8, 4) is 0 Å². The van der Waals surface area contributed by atoms with E-state index in [1.165, 1.54) is 25.7 Å². The third kappa shape index (κ3) is 6.61. The molecule has 0 aliphatic heterocycles. The molecule has 1 saturated carbocycles. The maximum atomic E-state index is 5.42. The molecule has 3 nitrogen and oxygen atoms in total. The van der Waals surface area contributed by atoms with Crippen molar-refractivity contribution < 1.29 is 4.74 Å². The van der Waals surface area contributed by atoms with Crippen LogP contribution in [0.25, 0.3) is 0 Å². The fourth-order valence-electron chi connectivity index (χ4n) is 2.40. The monoisotopic (exact) mass is 264 g/mol. The highest BCUT2D eigenvalue weighted by molar-refractivity contribution is 5.85. The predicted molar refractivity (Wildman–Crippen MR) is 75.8 cm³/mol. The van der Waals surface area contributed by atoms with Gasteiger partial charge in [0.2, 0.25) is 0 Å². The maximum absolute atomic E-state index is 5.42. The van der Waals surface area contributed by atoms with Gasteiger partial charge < -0.3 is 15.4 Å². The first kappa shape index (κ1) is 17.2. The quantitative estimate of drug-likeness (QED) is 0.748. The molecule has 0 heterocycles. The summed E-state index contributed by atoms with van der Waals surface area (Å²) in [7, 11) is 2.22. The largest absolute Gasteiger partial charge is 0.379 e. The molecule has 2 N–H and O–H groups in total. The van der Waals surface area contributed by atoms with E-state index < -0.39 is 0 Å². The lowest BCUT2D eigenvalue weighted by Crippen LogP contribution is -2.39. The number of hydrogen-bond donors (Lipinski definition) is 1. The minimum atomic E-state index is 0. The van der Waals surface area contributed by atoms with E-state index in [9.17, 15) is 0 Å². The van der Waals surface area contributed by atoms with Crippen molar-refractivity contribution in [2.45, 2.75) is 45.6 Å². The van der Waals surface area contributed by atoms with E-state index >= 15 is 0 Å². The van der Waals surface area contributed by atoms with Gasteiger partial charge in [0, 0.05) is 19.1 Å². The Morgan fingerprint density at radius 2 is 1.82 bits per heavy atom. The summed E-state index contributed by atoms with van der Waals surface area (Å²) >= 11 is 0. The first-order chi connectivity index (χ1) is 7.55. The summed E-state index contributed by atoms with van der Waals surface area (Å²) in [5, 5.41) is 0. The van der Waals surface area contributed by atoms with Crippen LogP contribution in [0.5, 0.6) is 0 Å². The van der Waals surface area contributed by atoms with Crippen LogP contribution in [-0.2, 0) is 4.74 Å². The average molecular weight is 265 g/mol. The second kappa shape index (κ2) is 8.30. The van der Waals surface area contributed by atoms with Crippen LogP contribution in [0, 0.1) is 5.41 Å². The molecule has 104 valence electrons. The van der Waals surface area contributed by atoms with Gasteiger partial charge in [0.05, 0.1) is 13.2 Å². The molecule has 0 unspecified atom stereocenters. The molecule has 1 fully saturated rings. The summed E-state index contributed by atoms with van der Waals surface area (Å²) in [4.78, 5) is 2.45. The number of halogens is 1. The van der Waals surface area contributed by atoms with Crippen LogP contribution in [0.2, 0.25) is 0 Å². The van der Waals surface area contributed by atoms with Crippen LogP contribution in [-0.4, -0.2) is 44.3 Å². The van der Waals surface area contributed by atoms with Crippen molar-refractivity contribution in [2.24, 2.45) is 11.1 Å². The van der Waals surface area contributed by atoms with Crippen molar-refractivity contribution in [2.75, 3.05) is 33.4 Å². The molecule has 0 spiro atoms. The Balaban J connectivity index is 0.00000256. The van der Waals surface area contributed by atoms with Crippen LogP contribution < -0.4 is 5.73 Å². The molecule has 0 aromatic rings. The van der Waals surface area contributed by atoms with Crippen molar-refractivity contribution in [3.05, 3.63) is 0 Å². The number of hydrogen-bond acceptors (Lipinski definition) is 3. The number of ether oxygens (including phenoxy) is 1. The van der Waals surface area contributed by atoms with E-state index in [4.69, 9.17) is 10.5 Å². The van der Waals surface area contributed by atoms with E-state index in [2.05, 4.69) is 25.8 Å². The van der Waals surface area contributed by atoms with Gasteiger partial charge in [0.15, 0.2) is 0 Å². The molecule has 0 bridgehead atoms. The van der Waals surface area contributed by atoms with E-state index in [0.29, 0.717) is 18.6 Å². The second-order valence-corrected chi connectivity index (χ2v) is 5.78. The molecule has 1 aliphatic carbocycles. The lowest BCUT2D eigenvalue weighted by atomic mass is 9.75. The molecule has 0 saturated heterocycles. The first-order valence-corrected chi connectivity index (χ1v) is 6.53. The first-order valence-electron chi connectivity index (χ1n) is 6.53. The summed E-state index contributed by atoms with van der Waals surface area (Å²) in [6, 6.07) is 0.759. The average Bonchev–Trinajstić information content (AvgIpc) is 2.24. The molecule has 0 atom stereocenters. The van der Waals surface area contributed by atoms with Crippen molar-refractivity contribution in [1.82, 2.24) is 4.90 Å². The van der Waals surface area contributed by atoms with E-state index in [1.807, 2.05) is 0 Å². The number of nitrogens with zero attached hydrogens (tertiary/aromatic N) is 1. The van der Waals surface area contributed by atoms with Gasteiger partial charge in [0.1, 0.15) is 0 Å². The van der Waals surface area contributed by atoms with Crippen LogP contribution in [0.15, 0.2) is 0 Å². The van der Waals surface area contributed by atoms with Gasteiger partial charge in [-0.1, -0.05) is 13.8 Å². The van der Waals surface area contributed by atoms with Gasteiger partial charge in [-0.15, -0.1) is 12.4 Å². The zero-order chi connectivity index (χ0) is 12.0. The number of likely N-dealkylation sites (N-methyl/N-ethyl adjacent to an activating group) is 1. The third-order valence-corrected chi connectivity index (χ3v) is 3.78. The molecular weight excluding hydrogens is 236 g/mol. The molecule has 0 amide bonds. The zero-order valence-corrected chi connectivity index (χ0v) is 12.4. The van der Waals surface area contributed by atoms with Gasteiger partial charge in [0.25, 0.3) is 0 Å². The lowest BCUT2D eigenvalue weighted by molar-refractivity contribution is 0.0782. The fourth-order valence-corrected chi connectivity index (χ4v) is 2.40. The number of rotatable bonds is 6. The molecule has 17 heavy (non-hydrogen) atoms. The Bertz CT molecular complexity index is 190. The molecule has 0 aromatic heterocycles. The molecular formula is C13H29ClN2O. The molecule has 1 rings (SSSR count).